The van der Waals surface area contributed by atoms with E-state index in [1.807, 2.05) is 4.57 Å². The number of aryl methyl sites for hydroxylation is 1. The molecular weight excluding hydrogens is 240 g/mol. The Kier molecular flexibility index (Phi) is 3.58. The van der Waals surface area contributed by atoms with Gasteiger partial charge < -0.3 is 5.32 Å². The minimum atomic E-state index is 0. The molecule has 0 bridgehead atoms. The van der Waals surface area contributed by atoms with E-state index in [-0.39, 0.29) is 18.1 Å². The lowest BCUT2D eigenvalue weighted by atomic mass is 10.1. The van der Waals surface area contributed by atoms with Crippen LogP contribution in [-0.2, 0) is 7.05 Å². The van der Waals surface area contributed by atoms with Gasteiger partial charge >= 0.3 is 5.69 Å². The average Bonchev–Trinajstić information content (AvgIpc) is 3.09. The number of hydrogen-bond donors (Lipinski definition) is 1. The molecule has 2 heterocycles. The van der Waals surface area contributed by atoms with Crippen LogP contribution in [0.4, 0.5) is 0 Å². The highest BCUT2D eigenvalue weighted by Crippen LogP contribution is 2.39. The van der Waals surface area contributed by atoms with Crippen LogP contribution in [0.1, 0.15) is 43.5 Å². The molecule has 1 aromatic rings. The molecule has 17 heavy (non-hydrogen) atoms. The van der Waals surface area contributed by atoms with E-state index in [4.69, 9.17) is 0 Å². The number of aromatic nitrogens is 3. The predicted molar refractivity (Wildman–Crippen MR) is 67.8 cm³/mol. The van der Waals surface area contributed by atoms with E-state index in [0.29, 0.717) is 12.0 Å². The Labute approximate surface area is 107 Å². The number of nitrogens with one attached hydrogen (secondary N) is 1. The second-order valence-corrected chi connectivity index (χ2v) is 4.89. The molecule has 6 heteroatoms. The maximum Gasteiger partial charge on any atom is 0.345 e. The van der Waals surface area contributed by atoms with Crippen molar-refractivity contribution in [2.75, 3.05) is 13.1 Å². The summed E-state index contributed by atoms with van der Waals surface area (Å²) in [5.41, 5.74) is 0.0637. The molecule has 96 valence electrons. The van der Waals surface area contributed by atoms with Crippen LogP contribution < -0.4 is 11.0 Å². The summed E-state index contributed by atoms with van der Waals surface area (Å²) in [6.07, 6.45) is 4.49. The van der Waals surface area contributed by atoms with Gasteiger partial charge in [-0.25, -0.2) is 9.48 Å². The van der Waals surface area contributed by atoms with Gasteiger partial charge in [-0.2, -0.15) is 5.10 Å². The third kappa shape index (κ3) is 2.26. The third-order valence-electron chi connectivity index (χ3n) is 3.60. The third-order valence-corrected chi connectivity index (χ3v) is 3.60. The van der Waals surface area contributed by atoms with Crippen molar-refractivity contribution < 1.29 is 0 Å². The van der Waals surface area contributed by atoms with Crippen molar-refractivity contribution in [1.29, 1.82) is 0 Å². The lowest BCUT2D eigenvalue weighted by molar-refractivity contribution is 0.352. The second-order valence-electron chi connectivity index (χ2n) is 4.89. The zero-order valence-corrected chi connectivity index (χ0v) is 10.9. The van der Waals surface area contributed by atoms with Crippen molar-refractivity contribution in [2.24, 2.45) is 7.05 Å². The van der Waals surface area contributed by atoms with Gasteiger partial charge in [-0.1, -0.05) is 0 Å². The molecule has 1 aromatic heterocycles. The second kappa shape index (κ2) is 4.82. The molecule has 2 aliphatic rings. The molecule has 5 nitrogen and oxygen atoms in total. The number of halogens is 1. The zero-order valence-electron chi connectivity index (χ0n) is 10.1. The van der Waals surface area contributed by atoms with Gasteiger partial charge in [0.15, 0.2) is 0 Å². The van der Waals surface area contributed by atoms with Gasteiger partial charge in [-0.15, -0.1) is 12.4 Å². The minimum absolute atomic E-state index is 0. The Hall–Kier alpha value is -0.810. The van der Waals surface area contributed by atoms with E-state index in [1.54, 1.807) is 7.05 Å². The first-order chi connectivity index (χ1) is 7.77. The van der Waals surface area contributed by atoms with Gasteiger partial charge in [-0.3, -0.25) is 4.57 Å². The van der Waals surface area contributed by atoms with E-state index in [2.05, 4.69) is 10.4 Å². The largest absolute Gasteiger partial charge is 0.345 e. The fraction of sp³-hybridized carbons (Fsp3) is 0.818. The molecule has 2 fully saturated rings. The monoisotopic (exact) mass is 258 g/mol. The summed E-state index contributed by atoms with van der Waals surface area (Å²) in [4.78, 5) is 12.1. The molecule has 1 saturated heterocycles. The van der Waals surface area contributed by atoms with Gasteiger partial charge in [0.05, 0.1) is 0 Å². The van der Waals surface area contributed by atoms with Gasteiger partial charge in [0.25, 0.3) is 0 Å². The molecular formula is C11H19ClN4O. The lowest BCUT2D eigenvalue weighted by Crippen LogP contribution is -2.35. The maximum absolute atomic E-state index is 12.1. The van der Waals surface area contributed by atoms with Crippen molar-refractivity contribution in [3.05, 3.63) is 16.3 Å². The van der Waals surface area contributed by atoms with E-state index >= 15 is 0 Å². The number of rotatable bonds is 2. The van der Waals surface area contributed by atoms with Gasteiger partial charge in [-0.05, 0) is 38.8 Å². The Morgan fingerprint density at radius 2 is 1.88 bits per heavy atom. The van der Waals surface area contributed by atoms with Crippen LogP contribution in [0.25, 0.3) is 0 Å². The molecule has 1 saturated carbocycles. The van der Waals surface area contributed by atoms with Crippen LogP contribution in [0.3, 0.4) is 0 Å². The van der Waals surface area contributed by atoms with Crippen molar-refractivity contribution in [1.82, 2.24) is 19.7 Å². The summed E-state index contributed by atoms with van der Waals surface area (Å²) in [6, 6.07) is 0.359. The highest BCUT2D eigenvalue weighted by atomic mass is 35.5. The Morgan fingerprint density at radius 1 is 1.24 bits per heavy atom. The molecule has 3 rings (SSSR count). The zero-order chi connectivity index (χ0) is 11.1. The van der Waals surface area contributed by atoms with Crippen molar-refractivity contribution in [3.8, 4) is 0 Å². The minimum Gasteiger partial charge on any atom is -0.317 e. The molecule has 0 unspecified atom stereocenters. The van der Waals surface area contributed by atoms with Crippen molar-refractivity contribution >= 4 is 12.4 Å². The fourth-order valence-corrected chi connectivity index (χ4v) is 2.53. The molecule has 0 spiro atoms. The quantitative estimate of drug-likeness (QED) is 0.854. The van der Waals surface area contributed by atoms with E-state index in [0.717, 1.165) is 31.8 Å². The topological polar surface area (TPSA) is 51.9 Å². The lowest BCUT2D eigenvalue weighted by Gasteiger charge is -2.24. The normalized spacial score (nSPS) is 21.2. The summed E-state index contributed by atoms with van der Waals surface area (Å²) in [6.45, 7) is 2.02. The van der Waals surface area contributed by atoms with Gasteiger partial charge in [0.2, 0.25) is 0 Å². The molecule has 0 aromatic carbocycles. The molecule has 1 aliphatic carbocycles. The van der Waals surface area contributed by atoms with E-state index in [9.17, 15) is 4.79 Å². The highest BCUT2D eigenvalue weighted by molar-refractivity contribution is 5.85. The standard InChI is InChI=1S/C11H18N4O.ClH/c1-14-11(16)15(9-4-6-12-7-5-9)10(13-14)8-2-3-8;/h8-9,12H,2-7H2,1H3;1H. The fourth-order valence-electron chi connectivity index (χ4n) is 2.53. The SMILES string of the molecule is Cl.Cn1nc(C2CC2)n(C2CCNCC2)c1=O. The summed E-state index contributed by atoms with van der Waals surface area (Å²) in [7, 11) is 1.76. The number of nitrogens with zero attached hydrogens (tertiary/aromatic N) is 3. The first kappa shape index (κ1) is 12.6. The van der Waals surface area contributed by atoms with Crippen LogP contribution in [0.5, 0.6) is 0 Å². The van der Waals surface area contributed by atoms with Crippen LogP contribution in [0, 0.1) is 0 Å². The summed E-state index contributed by atoms with van der Waals surface area (Å²) < 4.78 is 3.45. The van der Waals surface area contributed by atoms with Crippen LogP contribution in [0.2, 0.25) is 0 Å². The van der Waals surface area contributed by atoms with Gasteiger partial charge in [0, 0.05) is 19.0 Å². The Morgan fingerprint density at radius 3 is 2.47 bits per heavy atom. The van der Waals surface area contributed by atoms with Crippen LogP contribution in [-0.4, -0.2) is 27.4 Å². The van der Waals surface area contributed by atoms with Crippen molar-refractivity contribution in [3.63, 3.8) is 0 Å². The predicted octanol–water partition coefficient (Wildman–Crippen LogP) is 0.805. The summed E-state index contributed by atoms with van der Waals surface area (Å²) >= 11 is 0. The summed E-state index contributed by atoms with van der Waals surface area (Å²) in [5.74, 6) is 1.57. The van der Waals surface area contributed by atoms with E-state index in [1.165, 1.54) is 17.5 Å². The first-order valence-corrected chi connectivity index (χ1v) is 6.13. The highest BCUT2D eigenvalue weighted by Gasteiger charge is 2.33. The summed E-state index contributed by atoms with van der Waals surface area (Å²) in [5, 5.41) is 7.73. The molecule has 0 atom stereocenters. The first-order valence-electron chi connectivity index (χ1n) is 6.13. The average molecular weight is 259 g/mol. The van der Waals surface area contributed by atoms with Crippen LogP contribution >= 0.6 is 12.4 Å². The molecule has 0 amide bonds. The van der Waals surface area contributed by atoms with Crippen LogP contribution in [0.15, 0.2) is 4.79 Å². The van der Waals surface area contributed by atoms with Gasteiger partial charge in [0.1, 0.15) is 5.82 Å². The van der Waals surface area contributed by atoms with E-state index < -0.39 is 0 Å². The number of hydrogen-bond acceptors (Lipinski definition) is 3. The molecule has 1 N–H and O–H groups in total. The number of piperidine rings is 1. The maximum atomic E-state index is 12.1. The Balaban J connectivity index is 0.00000108. The molecule has 1 aliphatic heterocycles. The Bertz CT molecular complexity index is 443. The molecule has 0 radical (unpaired) electrons. The van der Waals surface area contributed by atoms with Crippen molar-refractivity contribution in [2.45, 2.75) is 37.6 Å². The smallest absolute Gasteiger partial charge is 0.317 e.